The highest BCUT2D eigenvalue weighted by Gasteiger charge is 2.35. The van der Waals surface area contributed by atoms with Crippen molar-refractivity contribution in [1.82, 2.24) is 9.88 Å². The van der Waals surface area contributed by atoms with Crippen LogP contribution in [0.5, 0.6) is 0 Å². The molecular weight excluding hydrogens is 250 g/mol. The van der Waals surface area contributed by atoms with Gasteiger partial charge in [-0.15, -0.1) is 0 Å². The number of hydrogen-bond donors (Lipinski definition) is 1. The van der Waals surface area contributed by atoms with E-state index in [0.717, 1.165) is 31.4 Å². The van der Waals surface area contributed by atoms with Crippen LogP contribution in [0.15, 0.2) is 12.3 Å². The monoisotopic (exact) mass is 273 g/mol. The number of nitrogens with two attached hydrogens (primary N) is 1. The fourth-order valence-electron chi connectivity index (χ4n) is 3.45. The maximum atomic E-state index is 12.6. The third-order valence-electron chi connectivity index (χ3n) is 4.72. The first-order valence-electron chi connectivity index (χ1n) is 7.59. The van der Waals surface area contributed by atoms with E-state index < -0.39 is 0 Å². The topological polar surface area (TPSA) is 59.2 Å². The Morgan fingerprint density at radius 1 is 1.40 bits per heavy atom. The first-order valence-corrected chi connectivity index (χ1v) is 7.59. The average Bonchev–Trinajstić information content (AvgIpc) is 3.02. The summed E-state index contributed by atoms with van der Waals surface area (Å²) < 4.78 is 0. The van der Waals surface area contributed by atoms with E-state index in [0.29, 0.717) is 18.4 Å². The molecule has 0 aromatic carbocycles. The smallest absolute Gasteiger partial charge is 0.255 e. The van der Waals surface area contributed by atoms with E-state index in [2.05, 4.69) is 18.8 Å². The molecule has 2 atom stereocenters. The molecule has 3 rings (SSSR count). The van der Waals surface area contributed by atoms with Gasteiger partial charge in [-0.25, -0.2) is 0 Å². The lowest BCUT2D eigenvalue weighted by molar-refractivity contribution is 0.0782. The largest absolute Gasteiger partial charge is 0.337 e. The van der Waals surface area contributed by atoms with Crippen molar-refractivity contribution >= 4 is 5.91 Å². The molecule has 1 aliphatic carbocycles. The maximum Gasteiger partial charge on any atom is 0.255 e. The lowest BCUT2D eigenvalue weighted by Crippen LogP contribution is -2.33. The lowest BCUT2D eigenvalue weighted by Gasteiger charge is -2.18. The molecule has 1 saturated heterocycles. The summed E-state index contributed by atoms with van der Waals surface area (Å²) in [5.74, 6) is 1.01. The van der Waals surface area contributed by atoms with E-state index in [4.69, 9.17) is 5.73 Å². The highest BCUT2D eigenvalue weighted by molar-refractivity contribution is 5.94. The fraction of sp³-hybridized carbons (Fsp3) is 0.625. The molecule has 2 N–H and O–H groups in total. The summed E-state index contributed by atoms with van der Waals surface area (Å²) in [6.45, 7) is 5.79. The van der Waals surface area contributed by atoms with Gasteiger partial charge in [0.25, 0.3) is 5.91 Å². The highest BCUT2D eigenvalue weighted by atomic mass is 16.2. The molecule has 108 valence electrons. The number of hydrogen-bond acceptors (Lipinski definition) is 3. The van der Waals surface area contributed by atoms with Crippen LogP contribution < -0.4 is 5.73 Å². The minimum atomic E-state index is 0.0887. The molecule has 2 heterocycles. The number of carbonyl (C=O) groups excluding carboxylic acids is 1. The van der Waals surface area contributed by atoms with Gasteiger partial charge >= 0.3 is 0 Å². The number of likely N-dealkylation sites (tertiary alicyclic amines) is 1. The third-order valence-corrected chi connectivity index (χ3v) is 4.72. The Morgan fingerprint density at radius 2 is 2.20 bits per heavy atom. The molecule has 1 aromatic rings. The van der Waals surface area contributed by atoms with Crippen LogP contribution >= 0.6 is 0 Å². The van der Waals surface area contributed by atoms with E-state index in [-0.39, 0.29) is 11.9 Å². The summed E-state index contributed by atoms with van der Waals surface area (Å²) in [6.07, 6.45) is 5.00. The van der Waals surface area contributed by atoms with E-state index in [1.165, 1.54) is 11.3 Å². The number of amides is 1. The maximum absolute atomic E-state index is 12.6. The molecule has 1 aromatic heterocycles. The van der Waals surface area contributed by atoms with Crippen LogP contribution in [-0.2, 0) is 12.8 Å². The Labute approximate surface area is 120 Å². The zero-order valence-electron chi connectivity index (χ0n) is 12.3. The SMILES string of the molecule is CC(C)[C@@H]1CN(C(=O)c2cnc3c(c2)CCC3)C[C@H]1N. The van der Waals surface area contributed by atoms with Crippen molar-refractivity contribution in [2.45, 2.75) is 39.2 Å². The Kier molecular flexibility index (Phi) is 3.50. The summed E-state index contributed by atoms with van der Waals surface area (Å²) in [5.41, 5.74) is 9.31. The molecule has 0 unspecified atom stereocenters. The molecule has 20 heavy (non-hydrogen) atoms. The second kappa shape index (κ2) is 5.17. The molecule has 1 aliphatic heterocycles. The van der Waals surface area contributed by atoms with Gasteiger partial charge in [0.05, 0.1) is 5.56 Å². The van der Waals surface area contributed by atoms with E-state index >= 15 is 0 Å². The van der Waals surface area contributed by atoms with E-state index in [1.807, 2.05) is 11.0 Å². The lowest BCUT2D eigenvalue weighted by atomic mass is 9.92. The molecule has 0 spiro atoms. The van der Waals surface area contributed by atoms with Crippen LogP contribution in [0, 0.1) is 11.8 Å². The first kappa shape index (κ1) is 13.6. The van der Waals surface area contributed by atoms with E-state index in [1.54, 1.807) is 6.20 Å². The van der Waals surface area contributed by atoms with Crippen molar-refractivity contribution in [2.24, 2.45) is 17.6 Å². The van der Waals surface area contributed by atoms with Gasteiger partial charge in [0.15, 0.2) is 0 Å². The zero-order valence-corrected chi connectivity index (χ0v) is 12.3. The van der Waals surface area contributed by atoms with Gasteiger partial charge in [0.2, 0.25) is 0 Å². The van der Waals surface area contributed by atoms with Gasteiger partial charge in [0.1, 0.15) is 0 Å². The summed E-state index contributed by atoms with van der Waals surface area (Å²) in [7, 11) is 0. The number of nitrogens with zero attached hydrogens (tertiary/aromatic N) is 2. The predicted octanol–water partition coefficient (Wildman–Crippen LogP) is 1.63. The number of rotatable bonds is 2. The van der Waals surface area contributed by atoms with Crippen LogP contribution in [-0.4, -0.2) is 34.9 Å². The normalized spacial score (nSPS) is 25.3. The minimum absolute atomic E-state index is 0.0887. The number of pyridine rings is 1. The quantitative estimate of drug-likeness (QED) is 0.891. The van der Waals surface area contributed by atoms with Crippen molar-refractivity contribution in [3.8, 4) is 0 Å². The first-order chi connectivity index (χ1) is 9.56. The molecule has 1 fully saturated rings. The number of fused-ring (bicyclic) bond motifs is 1. The van der Waals surface area contributed by atoms with Gasteiger partial charge in [-0.2, -0.15) is 0 Å². The van der Waals surface area contributed by atoms with E-state index in [9.17, 15) is 4.79 Å². The Bertz CT molecular complexity index is 526. The molecule has 4 nitrogen and oxygen atoms in total. The standard InChI is InChI=1S/C16H23N3O/c1-10(2)13-8-19(9-14(13)17)16(20)12-6-11-4-3-5-15(11)18-7-12/h6-7,10,13-14H,3-5,8-9,17H2,1-2H3/t13-,14+/m0/s1. The van der Waals surface area contributed by atoms with Gasteiger partial charge in [0, 0.05) is 31.0 Å². The Hall–Kier alpha value is -1.42. The number of aromatic nitrogens is 1. The molecule has 1 amide bonds. The zero-order chi connectivity index (χ0) is 14.3. The predicted molar refractivity (Wildman–Crippen MR) is 78.5 cm³/mol. The second-order valence-corrected chi connectivity index (χ2v) is 6.47. The molecule has 0 radical (unpaired) electrons. The summed E-state index contributed by atoms with van der Waals surface area (Å²) in [5, 5.41) is 0. The fourth-order valence-corrected chi connectivity index (χ4v) is 3.45. The molecule has 0 saturated carbocycles. The van der Waals surface area contributed by atoms with Crippen LogP contribution in [0.2, 0.25) is 0 Å². The average molecular weight is 273 g/mol. The van der Waals surface area contributed by atoms with Gasteiger partial charge in [-0.05, 0) is 42.7 Å². The van der Waals surface area contributed by atoms with Crippen molar-refractivity contribution < 1.29 is 4.79 Å². The highest BCUT2D eigenvalue weighted by Crippen LogP contribution is 2.26. The van der Waals surface area contributed by atoms with Crippen molar-refractivity contribution in [1.29, 1.82) is 0 Å². The number of aryl methyl sites for hydroxylation is 2. The van der Waals surface area contributed by atoms with Crippen LogP contribution in [0.3, 0.4) is 0 Å². The number of carbonyl (C=O) groups is 1. The Morgan fingerprint density at radius 3 is 2.90 bits per heavy atom. The third kappa shape index (κ3) is 2.33. The molecule has 4 heteroatoms. The van der Waals surface area contributed by atoms with Crippen molar-refractivity contribution in [3.63, 3.8) is 0 Å². The minimum Gasteiger partial charge on any atom is -0.337 e. The summed E-state index contributed by atoms with van der Waals surface area (Å²) in [4.78, 5) is 18.9. The Balaban J connectivity index is 1.77. The molecule has 2 aliphatic rings. The molecular formula is C16H23N3O. The van der Waals surface area contributed by atoms with Crippen LogP contribution in [0.25, 0.3) is 0 Å². The summed E-state index contributed by atoms with van der Waals surface area (Å²) >= 11 is 0. The van der Waals surface area contributed by atoms with Crippen LogP contribution in [0.1, 0.15) is 41.9 Å². The van der Waals surface area contributed by atoms with Gasteiger partial charge in [-0.1, -0.05) is 13.8 Å². The summed E-state index contributed by atoms with van der Waals surface area (Å²) in [6, 6.07) is 2.13. The van der Waals surface area contributed by atoms with Crippen LogP contribution in [0.4, 0.5) is 0 Å². The van der Waals surface area contributed by atoms with Crippen molar-refractivity contribution in [3.05, 3.63) is 29.1 Å². The van der Waals surface area contributed by atoms with Gasteiger partial charge in [-0.3, -0.25) is 9.78 Å². The second-order valence-electron chi connectivity index (χ2n) is 6.47. The van der Waals surface area contributed by atoms with Gasteiger partial charge < -0.3 is 10.6 Å². The molecule has 0 bridgehead atoms. The van der Waals surface area contributed by atoms with Crippen molar-refractivity contribution in [2.75, 3.05) is 13.1 Å².